The Balaban J connectivity index is 1.66. The summed E-state index contributed by atoms with van der Waals surface area (Å²) in [5, 5.41) is 10.4. The molecule has 27 heavy (non-hydrogen) atoms. The minimum Gasteiger partial charge on any atom is -0.325 e. The molecule has 0 saturated carbocycles. The van der Waals surface area contributed by atoms with Crippen molar-refractivity contribution >= 4 is 23.1 Å². The zero-order chi connectivity index (χ0) is 18.9. The third-order valence-corrected chi connectivity index (χ3v) is 4.41. The van der Waals surface area contributed by atoms with Crippen LogP contribution in [0.3, 0.4) is 0 Å². The van der Waals surface area contributed by atoms with Crippen LogP contribution in [0, 0.1) is 0 Å². The number of aromatic nitrogens is 3. The molecule has 3 aromatic rings. The Morgan fingerprint density at radius 2 is 1.78 bits per heavy atom. The van der Waals surface area contributed by atoms with Gasteiger partial charge in [-0.15, -0.1) is 5.10 Å². The number of para-hydroxylation sites is 2. The summed E-state index contributed by atoms with van der Waals surface area (Å²) in [5.41, 5.74) is 1.36. The van der Waals surface area contributed by atoms with E-state index in [9.17, 15) is 13.2 Å². The monoisotopic (exact) mass is 371 g/mol. The zero-order valence-corrected chi connectivity index (χ0v) is 14.2. The van der Waals surface area contributed by atoms with Gasteiger partial charge in [0.05, 0.1) is 17.4 Å². The Hall–Kier alpha value is -3.16. The van der Waals surface area contributed by atoms with E-state index >= 15 is 0 Å². The van der Waals surface area contributed by atoms with Crippen LogP contribution in [0.2, 0.25) is 0 Å². The van der Waals surface area contributed by atoms with Crippen molar-refractivity contribution in [3.8, 4) is 0 Å². The van der Waals surface area contributed by atoms with Gasteiger partial charge in [0, 0.05) is 12.2 Å². The van der Waals surface area contributed by atoms with Crippen molar-refractivity contribution in [2.75, 3.05) is 16.8 Å². The van der Waals surface area contributed by atoms with Gasteiger partial charge >= 0.3 is 6.18 Å². The Kier molecular flexibility index (Phi) is 4.39. The fraction of sp³-hybridized carbons (Fsp3) is 0.211. The smallest absolute Gasteiger partial charge is 0.325 e. The van der Waals surface area contributed by atoms with Gasteiger partial charge in [-0.3, -0.25) is 0 Å². The molecule has 0 amide bonds. The van der Waals surface area contributed by atoms with Gasteiger partial charge in [0.2, 0.25) is 5.95 Å². The lowest BCUT2D eigenvalue weighted by Crippen LogP contribution is -2.25. The number of nitrogens with zero attached hydrogens (tertiary/aromatic N) is 4. The number of hydrogen-bond acceptors (Lipinski definition) is 5. The lowest BCUT2D eigenvalue weighted by atomic mass is 10.0. The van der Waals surface area contributed by atoms with Crippen LogP contribution in [-0.4, -0.2) is 21.7 Å². The Labute approximate surface area is 153 Å². The first-order chi connectivity index (χ1) is 13.0. The largest absolute Gasteiger partial charge is 0.418 e. The average Bonchev–Trinajstić information content (AvgIpc) is 2.67. The third-order valence-electron chi connectivity index (χ3n) is 4.41. The Bertz CT molecular complexity index is 958. The summed E-state index contributed by atoms with van der Waals surface area (Å²) in [4.78, 5) is 6.40. The standard InChI is InChI=1S/C19H16F3N5/c20-19(21,22)14-8-2-3-9-15(14)24-18-25-17(12-23-26-18)27-11-5-7-13-6-1-4-10-16(13)27/h1-4,6,8-10,12H,5,7,11H2,(H,24,25,26). The number of fused-ring (bicyclic) bond motifs is 1. The minimum atomic E-state index is -4.47. The fourth-order valence-electron chi connectivity index (χ4n) is 3.21. The number of halogens is 3. The fourth-order valence-corrected chi connectivity index (χ4v) is 3.21. The summed E-state index contributed by atoms with van der Waals surface area (Å²) >= 11 is 0. The van der Waals surface area contributed by atoms with Crippen LogP contribution < -0.4 is 10.2 Å². The zero-order valence-electron chi connectivity index (χ0n) is 14.2. The molecule has 0 aliphatic carbocycles. The van der Waals surface area contributed by atoms with Gasteiger partial charge in [0.15, 0.2) is 5.82 Å². The third kappa shape index (κ3) is 3.55. The molecule has 0 spiro atoms. The number of aryl methyl sites for hydroxylation is 1. The first kappa shape index (κ1) is 17.3. The maximum atomic E-state index is 13.2. The van der Waals surface area contributed by atoms with E-state index in [1.54, 1.807) is 0 Å². The lowest BCUT2D eigenvalue weighted by molar-refractivity contribution is -0.136. The summed E-state index contributed by atoms with van der Waals surface area (Å²) in [6.45, 7) is 0.758. The van der Waals surface area contributed by atoms with E-state index in [0.29, 0.717) is 5.82 Å². The van der Waals surface area contributed by atoms with Crippen LogP contribution in [-0.2, 0) is 12.6 Å². The predicted octanol–water partition coefficient (Wildman–Crippen LogP) is 4.72. The van der Waals surface area contributed by atoms with Crippen LogP contribution in [0.5, 0.6) is 0 Å². The second-order valence-electron chi connectivity index (χ2n) is 6.19. The number of nitrogens with one attached hydrogen (secondary N) is 1. The summed E-state index contributed by atoms with van der Waals surface area (Å²) in [7, 11) is 0. The molecule has 0 bridgehead atoms. The van der Waals surface area contributed by atoms with Gasteiger partial charge in [0.25, 0.3) is 0 Å². The number of alkyl halides is 3. The second kappa shape index (κ2) is 6.86. The molecular weight excluding hydrogens is 355 g/mol. The Morgan fingerprint density at radius 3 is 2.63 bits per heavy atom. The quantitative estimate of drug-likeness (QED) is 0.722. The van der Waals surface area contributed by atoms with E-state index < -0.39 is 11.7 Å². The van der Waals surface area contributed by atoms with Crippen molar-refractivity contribution in [3.05, 3.63) is 65.9 Å². The molecule has 4 rings (SSSR count). The van der Waals surface area contributed by atoms with Crippen LogP contribution in [0.1, 0.15) is 17.5 Å². The summed E-state index contributed by atoms with van der Waals surface area (Å²) < 4.78 is 39.5. The molecule has 1 aromatic heterocycles. The van der Waals surface area contributed by atoms with Gasteiger partial charge < -0.3 is 10.2 Å². The van der Waals surface area contributed by atoms with E-state index in [4.69, 9.17) is 0 Å². The molecule has 2 heterocycles. The lowest BCUT2D eigenvalue weighted by Gasteiger charge is -2.30. The molecule has 1 aliphatic rings. The first-order valence-corrected chi connectivity index (χ1v) is 8.51. The van der Waals surface area contributed by atoms with Gasteiger partial charge in [0.1, 0.15) is 0 Å². The molecule has 1 aliphatic heterocycles. The van der Waals surface area contributed by atoms with Crippen LogP contribution in [0.25, 0.3) is 0 Å². The number of benzene rings is 2. The summed E-state index contributed by atoms with van der Waals surface area (Å²) in [5.74, 6) is 0.566. The molecule has 1 N–H and O–H groups in total. The van der Waals surface area contributed by atoms with Crippen molar-refractivity contribution in [1.29, 1.82) is 0 Å². The number of hydrogen-bond donors (Lipinski definition) is 1. The highest BCUT2D eigenvalue weighted by Gasteiger charge is 2.33. The molecule has 0 fully saturated rings. The molecule has 8 heteroatoms. The molecule has 2 aromatic carbocycles. The van der Waals surface area contributed by atoms with Crippen LogP contribution in [0.4, 0.5) is 36.3 Å². The molecule has 5 nitrogen and oxygen atoms in total. The van der Waals surface area contributed by atoms with E-state index in [1.807, 2.05) is 23.1 Å². The highest BCUT2D eigenvalue weighted by atomic mass is 19.4. The highest BCUT2D eigenvalue weighted by molar-refractivity contribution is 5.66. The van der Waals surface area contributed by atoms with Crippen LogP contribution in [0.15, 0.2) is 54.7 Å². The van der Waals surface area contributed by atoms with Gasteiger partial charge in [-0.1, -0.05) is 30.3 Å². The van der Waals surface area contributed by atoms with E-state index in [0.717, 1.165) is 31.1 Å². The van der Waals surface area contributed by atoms with Crippen molar-refractivity contribution in [3.63, 3.8) is 0 Å². The maximum Gasteiger partial charge on any atom is 0.418 e. The van der Waals surface area contributed by atoms with E-state index in [2.05, 4.69) is 26.6 Å². The maximum absolute atomic E-state index is 13.2. The first-order valence-electron chi connectivity index (χ1n) is 8.51. The van der Waals surface area contributed by atoms with E-state index in [1.165, 1.54) is 30.0 Å². The molecule has 138 valence electrons. The molecular formula is C19H16F3N5. The molecule has 0 saturated heterocycles. The van der Waals surface area contributed by atoms with Crippen molar-refractivity contribution in [1.82, 2.24) is 15.2 Å². The SMILES string of the molecule is FC(F)(F)c1ccccc1Nc1nncc(N2CCCc3ccccc32)n1. The predicted molar refractivity (Wildman–Crippen MR) is 96.3 cm³/mol. The van der Waals surface area contributed by atoms with Crippen molar-refractivity contribution in [2.45, 2.75) is 19.0 Å². The van der Waals surface area contributed by atoms with Crippen molar-refractivity contribution in [2.24, 2.45) is 0 Å². The second-order valence-corrected chi connectivity index (χ2v) is 6.19. The summed E-state index contributed by atoms with van der Waals surface area (Å²) in [6.07, 6.45) is -1.01. The average molecular weight is 371 g/mol. The van der Waals surface area contributed by atoms with Crippen molar-refractivity contribution < 1.29 is 13.2 Å². The van der Waals surface area contributed by atoms with E-state index in [-0.39, 0.29) is 11.6 Å². The van der Waals surface area contributed by atoms with Gasteiger partial charge in [-0.05, 0) is 36.6 Å². The summed E-state index contributed by atoms with van der Waals surface area (Å²) in [6, 6.07) is 13.2. The normalized spacial score (nSPS) is 14.0. The minimum absolute atomic E-state index is 0.0206. The highest BCUT2D eigenvalue weighted by Crippen LogP contribution is 2.36. The van der Waals surface area contributed by atoms with Gasteiger partial charge in [-0.25, -0.2) is 0 Å². The molecule has 0 unspecified atom stereocenters. The topological polar surface area (TPSA) is 53.9 Å². The molecule has 0 atom stereocenters. The number of anilines is 4. The Morgan fingerprint density at radius 1 is 1.00 bits per heavy atom. The molecule has 0 radical (unpaired) electrons. The number of rotatable bonds is 3. The van der Waals surface area contributed by atoms with Crippen LogP contribution >= 0.6 is 0 Å². The van der Waals surface area contributed by atoms with Gasteiger partial charge in [-0.2, -0.15) is 23.3 Å².